The number of benzene rings is 1. The summed E-state index contributed by atoms with van der Waals surface area (Å²) in [6.45, 7) is 0.592. The molecule has 0 aliphatic rings. The van der Waals surface area contributed by atoms with Gasteiger partial charge in [0.25, 0.3) is 0 Å². The molecular weight excluding hydrogens is 261 g/mol. The van der Waals surface area contributed by atoms with Crippen LogP contribution in [0.3, 0.4) is 0 Å². The Morgan fingerprint density at radius 3 is 2.58 bits per heavy atom. The molecule has 1 aromatic rings. The Kier molecular flexibility index (Phi) is 5.82. The molecule has 106 valence electrons. The van der Waals surface area contributed by atoms with Crippen molar-refractivity contribution in [3.63, 3.8) is 0 Å². The van der Waals surface area contributed by atoms with E-state index >= 15 is 0 Å². The Balaban J connectivity index is 2.49. The zero-order chi connectivity index (χ0) is 14.3. The smallest absolute Gasteiger partial charge is 0.411 e. The first-order valence-corrected chi connectivity index (χ1v) is 5.83. The molecule has 0 amide bonds. The average Bonchev–Trinajstić information content (AvgIpc) is 2.34. The summed E-state index contributed by atoms with van der Waals surface area (Å²) < 4.78 is 45.2. The molecule has 0 radical (unpaired) electrons. The van der Waals surface area contributed by atoms with Crippen molar-refractivity contribution in [2.24, 2.45) is 0 Å². The number of carbonyl (C=O) groups is 1. The highest BCUT2D eigenvalue weighted by molar-refractivity contribution is 5.98. The first-order valence-electron chi connectivity index (χ1n) is 5.83. The number of alkyl halides is 3. The normalized spacial score (nSPS) is 11.4. The molecule has 0 heterocycles. The number of hydrogen-bond acceptors (Lipinski definition) is 3. The maximum atomic E-state index is 11.8. The largest absolute Gasteiger partial charge is 0.493 e. The topological polar surface area (TPSA) is 35.5 Å². The fraction of sp³-hybridized carbons (Fsp3) is 0.462. The molecular formula is C13H15F3O3. The highest BCUT2D eigenvalue weighted by Gasteiger charge is 2.27. The minimum absolute atomic E-state index is 0.111. The number of Topliss-reactive ketones (excluding diaryl/α,β-unsaturated/α-hetero) is 1. The van der Waals surface area contributed by atoms with Crippen LogP contribution in [0.4, 0.5) is 13.2 Å². The van der Waals surface area contributed by atoms with Crippen LogP contribution in [0.2, 0.25) is 0 Å². The molecule has 0 aliphatic heterocycles. The van der Waals surface area contributed by atoms with E-state index in [-0.39, 0.29) is 18.8 Å². The predicted molar refractivity (Wildman–Crippen MR) is 63.4 cm³/mol. The second-order valence-electron chi connectivity index (χ2n) is 3.77. The third-order valence-electron chi connectivity index (χ3n) is 2.23. The predicted octanol–water partition coefficient (Wildman–Crippen LogP) is 3.24. The number of ether oxygens (including phenoxy) is 2. The highest BCUT2D eigenvalue weighted by Crippen LogP contribution is 2.20. The van der Waals surface area contributed by atoms with Gasteiger partial charge in [0, 0.05) is 6.42 Å². The number of para-hydroxylation sites is 1. The van der Waals surface area contributed by atoms with Gasteiger partial charge in [-0.25, -0.2) is 0 Å². The molecule has 0 spiro atoms. The van der Waals surface area contributed by atoms with Gasteiger partial charge in [-0.05, 0) is 19.1 Å². The van der Waals surface area contributed by atoms with Crippen molar-refractivity contribution in [3.05, 3.63) is 29.8 Å². The van der Waals surface area contributed by atoms with Crippen LogP contribution < -0.4 is 4.74 Å². The lowest BCUT2D eigenvalue weighted by molar-refractivity contribution is -0.173. The van der Waals surface area contributed by atoms with Gasteiger partial charge < -0.3 is 9.47 Å². The summed E-state index contributed by atoms with van der Waals surface area (Å²) in [5.74, 6) is 0.136. The molecule has 0 saturated heterocycles. The Hall–Kier alpha value is -1.56. The number of rotatable bonds is 7. The molecule has 0 aliphatic carbocycles. The zero-order valence-corrected chi connectivity index (χ0v) is 10.5. The standard InChI is InChI=1S/C13H15F3O3/c1-2-19-12-6-4-3-5-10(12)11(17)7-8-18-9-13(14,15)16/h3-6H,2,7-9H2,1H3. The van der Waals surface area contributed by atoms with Crippen molar-refractivity contribution >= 4 is 5.78 Å². The Morgan fingerprint density at radius 2 is 1.95 bits per heavy atom. The van der Waals surface area contributed by atoms with Gasteiger partial charge in [-0.1, -0.05) is 12.1 Å². The molecule has 1 aromatic carbocycles. The van der Waals surface area contributed by atoms with E-state index in [0.29, 0.717) is 17.9 Å². The maximum Gasteiger partial charge on any atom is 0.411 e. The first kappa shape index (κ1) is 15.5. The summed E-state index contributed by atoms with van der Waals surface area (Å²) >= 11 is 0. The average molecular weight is 276 g/mol. The summed E-state index contributed by atoms with van der Waals surface area (Å²) in [6, 6.07) is 6.62. The summed E-state index contributed by atoms with van der Waals surface area (Å²) in [5.41, 5.74) is 0.361. The fourth-order valence-corrected chi connectivity index (χ4v) is 1.47. The van der Waals surface area contributed by atoms with E-state index in [9.17, 15) is 18.0 Å². The molecule has 0 saturated carbocycles. The van der Waals surface area contributed by atoms with Crippen LogP contribution in [0.25, 0.3) is 0 Å². The number of hydrogen-bond donors (Lipinski definition) is 0. The van der Waals surface area contributed by atoms with E-state index in [2.05, 4.69) is 4.74 Å². The Labute approximate surface area is 109 Å². The van der Waals surface area contributed by atoms with Crippen molar-refractivity contribution < 1.29 is 27.4 Å². The van der Waals surface area contributed by atoms with Gasteiger partial charge in [-0.3, -0.25) is 4.79 Å². The van der Waals surface area contributed by atoms with Gasteiger partial charge in [0.1, 0.15) is 12.4 Å². The third-order valence-corrected chi connectivity index (χ3v) is 2.23. The second kappa shape index (κ2) is 7.13. The Bertz CT molecular complexity index is 416. The molecule has 0 fully saturated rings. The van der Waals surface area contributed by atoms with E-state index in [0.717, 1.165) is 0 Å². The number of carbonyl (C=O) groups excluding carboxylic acids is 1. The molecule has 3 nitrogen and oxygen atoms in total. The fourth-order valence-electron chi connectivity index (χ4n) is 1.47. The summed E-state index contributed by atoms with van der Waals surface area (Å²) in [5, 5.41) is 0. The van der Waals surface area contributed by atoms with Crippen molar-refractivity contribution in [1.82, 2.24) is 0 Å². The zero-order valence-electron chi connectivity index (χ0n) is 10.5. The van der Waals surface area contributed by atoms with E-state index in [1.165, 1.54) is 0 Å². The van der Waals surface area contributed by atoms with Crippen molar-refractivity contribution in [2.45, 2.75) is 19.5 Å². The van der Waals surface area contributed by atoms with Crippen LogP contribution in [0.1, 0.15) is 23.7 Å². The van der Waals surface area contributed by atoms with Crippen LogP contribution in [-0.4, -0.2) is 31.8 Å². The van der Waals surface area contributed by atoms with Crippen LogP contribution >= 0.6 is 0 Å². The van der Waals surface area contributed by atoms with Crippen LogP contribution in [0, 0.1) is 0 Å². The summed E-state index contributed by atoms with van der Waals surface area (Å²) in [4.78, 5) is 11.8. The molecule has 0 unspecified atom stereocenters. The summed E-state index contributed by atoms with van der Waals surface area (Å²) in [6.07, 6.45) is -4.48. The third kappa shape index (κ3) is 5.74. The van der Waals surface area contributed by atoms with Crippen molar-refractivity contribution in [1.29, 1.82) is 0 Å². The van der Waals surface area contributed by atoms with Crippen LogP contribution in [0.5, 0.6) is 5.75 Å². The second-order valence-corrected chi connectivity index (χ2v) is 3.77. The quantitative estimate of drug-likeness (QED) is 0.566. The first-order chi connectivity index (χ1) is 8.94. The lowest BCUT2D eigenvalue weighted by Crippen LogP contribution is -2.18. The van der Waals surface area contributed by atoms with Gasteiger partial charge in [0.2, 0.25) is 0 Å². The molecule has 0 bridgehead atoms. The highest BCUT2D eigenvalue weighted by atomic mass is 19.4. The van der Waals surface area contributed by atoms with E-state index in [4.69, 9.17) is 4.74 Å². The molecule has 0 aromatic heterocycles. The van der Waals surface area contributed by atoms with E-state index in [1.807, 2.05) is 0 Å². The van der Waals surface area contributed by atoms with E-state index in [1.54, 1.807) is 31.2 Å². The van der Waals surface area contributed by atoms with Gasteiger partial charge in [-0.15, -0.1) is 0 Å². The van der Waals surface area contributed by atoms with Crippen LogP contribution in [-0.2, 0) is 4.74 Å². The van der Waals surface area contributed by atoms with Gasteiger partial charge in [0.05, 0.1) is 18.8 Å². The van der Waals surface area contributed by atoms with Crippen LogP contribution in [0.15, 0.2) is 24.3 Å². The minimum atomic E-state index is -4.37. The monoisotopic (exact) mass is 276 g/mol. The van der Waals surface area contributed by atoms with Crippen molar-refractivity contribution in [2.75, 3.05) is 19.8 Å². The molecule has 0 N–H and O–H groups in total. The molecule has 0 atom stereocenters. The number of halogens is 3. The number of ketones is 1. The van der Waals surface area contributed by atoms with Gasteiger partial charge in [-0.2, -0.15) is 13.2 Å². The van der Waals surface area contributed by atoms with Gasteiger partial charge >= 0.3 is 6.18 Å². The SMILES string of the molecule is CCOc1ccccc1C(=O)CCOCC(F)(F)F. The minimum Gasteiger partial charge on any atom is -0.493 e. The molecule has 6 heteroatoms. The molecule has 1 rings (SSSR count). The lowest BCUT2D eigenvalue weighted by Gasteiger charge is -2.10. The summed E-state index contributed by atoms with van der Waals surface area (Å²) in [7, 11) is 0. The van der Waals surface area contributed by atoms with Crippen molar-refractivity contribution in [3.8, 4) is 5.75 Å². The molecule has 19 heavy (non-hydrogen) atoms. The lowest BCUT2D eigenvalue weighted by atomic mass is 10.1. The maximum absolute atomic E-state index is 11.8. The Morgan fingerprint density at radius 1 is 1.26 bits per heavy atom. The van der Waals surface area contributed by atoms with E-state index < -0.39 is 12.8 Å². The van der Waals surface area contributed by atoms with Gasteiger partial charge in [0.15, 0.2) is 5.78 Å².